The van der Waals surface area contributed by atoms with E-state index in [-0.39, 0.29) is 0 Å². The van der Waals surface area contributed by atoms with Crippen molar-refractivity contribution in [3.05, 3.63) is 71.5 Å². The molecule has 0 aliphatic rings. The summed E-state index contributed by atoms with van der Waals surface area (Å²) < 4.78 is 6.64. The molecule has 4 rings (SSSR count). The molecule has 0 aliphatic carbocycles. The number of hydrogen-bond acceptors (Lipinski definition) is 4. The minimum atomic E-state index is 0.710. The van der Waals surface area contributed by atoms with E-state index < -0.39 is 0 Å². The molecule has 0 spiro atoms. The van der Waals surface area contributed by atoms with Crippen LogP contribution in [-0.2, 0) is 0 Å². The van der Waals surface area contributed by atoms with Gasteiger partial charge in [0, 0.05) is 24.1 Å². The van der Waals surface area contributed by atoms with Gasteiger partial charge < -0.3 is 15.0 Å². The first-order valence-electron chi connectivity index (χ1n) is 7.37. The van der Waals surface area contributed by atoms with Crippen LogP contribution in [0.5, 0.6) is 11.5 Å². The van der Waals surface area contributed by atoms with Crippen molar-refractivity contribution in [3.8, 4) is 11.5 Å². The molecule has 4 aromatic rings. The Bertz CT molecular complexity index is 949. The average Bonchev–Trinajstić information content (AvgIpc) is 3.01. The highest BCUT2D eigenvalue weighted by molar-refractivity contribution is 9.10. The maximum atomic E-state index is 5.82. The molecule has 0 amide bonds. The quantitative estimate of drug-likeness (QED) is 0.507. The number of aromatic nitrogens is 3. The summed E-state index contributed by atoms with van der Waals surface area (Å²) in [7, 11) is 0. The normalized spacial score (nSPS) is 10.7. The Morgan fingerprint density at radius 3 is 2.62 bits per heavy atom. The molecule has 0 saturated carbocycles. The zero-order chi connectivity index (χ0) is 16.4. The van der Waals surface area contributed by atoms with Gasteiger partial charge >= 0.3 is 0 Å². The van der Waals surface area contributed by atoms with Gasteiger partial charge in [0.05, 0.1) is 15.5 Å². The van der Waals surface area contributed by atoms with Crippen molar-refractivity contribution in [2.75, 3.05) is 5.32 Å². The van der Waals surface area contributed by atoms with E-state index in [1.165, 1.54) is 0 Å². The van der Waals surface area contributed by atoms with Crippen molar-refractivity contribution in [1.29, 1.82) is 0 Å². The van der Waals surface area contributed by atoms with Gasteiger partial charge in [-0.05, 0) is 52.3 Å². The van der Waals surface area contributed by atoms with Crippen LogP contribution in [0.1, 0.15) is 0 Å². The summed E-state index contributed by atoms with van der Waals surface area (Å²) in [6, 6.07) is 17.4. The van der Waals surface area contributed by atoms with E-state index in [1.54, 1.807) is 12.4 Å². The molecular formula is C18H13BrN4O. The highest BCUT2D eigenvalue weighted by Gasteiger charge is 2.04. The molecule has 6 heteroatoms. The van der Waals surface area contributed by atoms with E-state index in [0.717, 1.165) is 32.7 Å². The van der Waals surface area contributed by atoms with Crippen LogP contribution < -0.4 is 10.1 Å². The first-order valence-corrected chi connectivity index (χ1v) is 8.16. The van der Waals surface area contributed by atoms with Gasteiger partial charge in [0.2, 0.25) is 5.95 Å². The fraction of sp³-hybridized carbons (Fsp3) is 0. The minimum Gasteiger partial charge on any atom is -0.456 e. The Morgan fingerprint density at radius 2 is 1.83 bits per heavy atom. The first kappa shape index (κ1) is 14.7. The summed E-state index contributed by atoms with van der Waals surface area (Å²) in [6.45, 7) is 0. The molecule has 2 N–H and O–H groups in total. The highest BCUT2D eigenvalue weighted by Crippen LogP contribution is 2.29. The van der Waals surface area contributed by atoms with Crippen molar-refractivity contribution in [2.24, 2.45) is 0 Å². The number of hydrogen-bond donors (Lipinski definition) is 2. The van der Waals surface area contributed by atoms with Gasteiger partial charge in [-0.15, -0.1) is 0 Å². The third kappa shape index (κ3) is 3.09. The van der Waals surface area contributed by atoms with Gasteiger partial charge in [-0.25, -0.2) is 4.98 Å². The van der Waals surface area contributed by atoms with E-state index in [2.05, 4.69) is 36.2 Å². The lowest BCUT2D eigenvalue weighted by Crippen LogP contribution is -1.92. The van der Waals surface area contributed by atoms with Crippen LogP contribution in [0.3, 0.4) is 0 Å². The molecule has 5 nitrogen and oxygen atoms in total. The van der Waals surface area contributed by atoms with Crippen LogP contribution in [0.4, 0.5) is 11.6 Å². The number of H-pyrrole nitrogens is 1. The number of para-hydroxylation sites is 2. The van der Waals surface area contributed by atoms with Gasteiger partial charge in [0.15, 0.2) is 0 Å². The van der Waals surface area contributed by atoms with Gasteiger partial charge in [-0.1, -0.05) is 12.1 Å². The fourth-order valence-electron chi connectivity index (χ4n) is 2.33. The van der Waals surface area contributed by atoms with Crippen molar-refractivity contribution in [2.45, 2.75) is 0 Å². The zero-order valence-electron chi connectivity index (χ0n) is 12.5. The molecule has 0 atom stereocenters. The molecule has 0 saturated heterocycles. The smallest absolute Gasteiger partial charge is 0.205 e. The van der Waals surface area contributed by atoms with Gasteiger partial charge in [-0.2, -0.15) is 0 Å². The van der Waals surface area contributed by atoms with Gasteiger partial charge in [0.1, 0.15) is 11.5 Å². The van der Waals surface area contributed by atoms with Crippen LogP contribution in [0.25, 0.3) is 11.0 Å². The Hall–Kier alpha value is -2.86. The van der Waals surface area contributed by atoms with Crippen molar-refractivity contribution in [1.82, 2.24) is 15.0 Å². The van der Waals surface area contributed by atoms with E-state index >= 15 is 0 Å². The van der Waals surface area contributed by atoms with Crippen molar-refractivity contribution in [3.63, 3.8) is 0 Å². The number of benzene rings is 2. The number of ether oxygens (including phenoxy) is 1. The minimum absolute atomic E-state index is 0.710. The molecule has 2 aromatic carbocycles. The van der Waals surface area contributed by atoms with E-state index in [9.17, 15) is 0 Å². The van der Waals surface area contributed by atoms with E-state index in [0.29, 0.717) is 5.95 Å². The standard InChI is InChI=1S/C18H13BrN4O/c19-14-11-20-10-9-17(14)24-13-7-5-12(6-8-13)21-18-22-15-3-1-2-4-16(15)23-18/h1-11H,(H2,21,22,23). The second kappa shape index (κ2) is 6.33. The van der Waals surface area contributed by atoms with Crippen LogP contribution in [0.15, 0.2) is 71.5 Å². The summed E-state index contributed by atoms with van der Waals surface area (Å²) in [5, 5.41) is 3.25. The average molecular weight is 381 g/mol. The summed E-state index contributed by atoms with van der Waals surface area (Å²) >= 11 is 3.42. The van der Waals surface area contributed by atoms with Crippen LogP contribution in [0, 0.1) is 0 Å². The molecule has 118 valence electrons. The monoisotopic (exact) mass is 380 g/mol. The second-order valence-electron chi connectivity index (χ2n) is 5.16. The number of fused-ring (bicyclic) bond motifs is 1. The zero-order valence-corrected chi connectivity index (χ0v) is 14.1. The molecule has 2 heterocycles. The maximum absolute atomic E-state index is 5.82. The lowest BCUT2D eigenvalue weighted by Gasteiger charge is -2.08. The third-order valence-corrected chi connectivity index (χ3v) is 4.07. The Morgan fingerprint density at radius 1 is 1.00 bits per heavy atom. The van der Waals surface area contributed by atoms with E-state index in [1.807, 2.05) is 54.6 Å². The number of aromatic amines is 1. The number of halogens is 1. The molecular weight excluding hydrogens is 368 g/mol. The number of pyridine rings is 1. The van der Waals surface area contributed by atoms with Crippen LogP contribution >= 0.6 is 15.9 Å². The van der Waals surface area contributed by atoms with E-state index in [4.69, 9.17) is 4.74 Å². The first-order chi connectivity index (χ1) is 11.8. The summed E-state index contributed by atoms with van der Waals surface area (Å²) in [6.07, 6.45) is 3.39. The molecule has 0 radical (unpaired) electrons. The second-order valence-corrected chi connectivity index (χ2v) is 6.01. The molecule has 0 unspecified atom stereocenters. The maximum Gasteiger partial charge on any atom is 0.205 e. The Labute approximate surface area is 146 Å². The number of nitrogens with one attached hydrogen (secondary N) is 2. The fourth-order valence-corrected chi connectivity index (χ4v) is 2.66. The molecule has 2 aromatic heterocycles. The highest BCUT2D eigenvalue weighted by atomic mass is 79.9. The molecule has 0 bridgehead atoms. The number of anilines is 2. The third-order valence-electron chi connectivity index (χ3n) is 3.47. The predicted octanol–water partition coefficient (Wildman–Crippen LogP) is 5.26. The van der Waals surface area contributed by atoms with Gasteiger partial charge in [-0.3, -0.25) is 4.98 Å². The summed E-state index contributed by atoms with van der Waals surface area (Å²) in [5.74, 6) is 2.18. The largest absolute Gasteiger partial charge is 0.456 e. The summed E-state index contributed by atoms with van der Waals surface area (Å²) in [5.41, 5.74) is 2.86. The number of nitrogens with zero attached hydrogens (tertiary/aromatic N) is 2. The molecule has 0 fully saturated rings. The topological polar surface area (TPSA) is 62.8 Å². The van der Waals surface area contributed by atoms with Crippen LogP contribution in [0.2, 0.25) is 0 Å². The van der Waals surface area contributed by atoms with Crippen molar-refractivity contribution < 1.29 is 4.74 Å². The SMILES string of the molecule is Brc1cnccc1Oc1ccc(Nc2nc3ccccc3[nH]2)cc1. The van der Waals surface area contributed by atoms with Gasteiger partial charge in [0.25, 0.3) is 0 Å². The predicted molar refractivity (Wildman–Crippen MR) is 97.8 cm³/mol. The lowest BCUT2D eigenvalue weighted by atomic mass is 10.3. The van der Waals surface area contributed by atoms with Crippen LogP contribution in [-0.4, -0.2) is 15.0 Å². The number of imidazole rings is 1. The lowest BCUT2D eigenvalue weighted by molar-refractivity contribution is 0.479. The Balaban J connectivity index is 1.50. The van der Waals surface area contributed by atoms with Crippen molar-refractivity contribution >= 4 is 38.6 Å². The number of rotatable bonds is 4. The molecule has 24 heavy (non-hydrogen) atoms. The Kier molecular flexibility index (Phi) is 3.88. The molecule has 0 aliphatic heterocycles. The summed E-state index contributed by atoms with van der Waals surface area (Å²) in [4.78, 5) is 11.8.